The van der Waals surface area contributed by atoms with Crippen LogP contribution in [0.4, 0.5) is 11.4 Å². The van der Waals surface area contributed by atoms with Crippen LogP contribution < -0.4 is 9.62 Å². The lowest BCUT2D eigenvalue weighted by atomic mass is 10.1. The number of nitrogens with one attached hydrogen (secondary N) is 1. The summed E-state index contributed by atoms with van der Waals surface area (Å²) in [6, 6.07) is 16.1. The van der Waals surface area contributed by atoms with Crippen molar-refractivity contribution in [1.82, 2.24) is 10.2 Å². The number of benzene rings is 3. The molecule has 0 fully saturated rings. The first-order chi connectivity index (χ1) is 19.4. The Hall–Kier alpha value is -3.67. The van der Waals surface area contributed by atoms with Crippen molar-refractivity contribution in [3.63, 3.8) is 0 Å². The Kier molecular flexibility index (Phi) is 11.1. The average Bonchev–Trinajstić information content (AvgIpc) is 2.95. The molecule has 218 valence electrons. The van der Waals surface area contributed by atoms with Gasteiger partial charge in [-0.3, -0.25) is 24.0 Å². The SMILES string of the molecule is CCCCNC(=O)[C@@H](C)N(Cc1ccc(Cl)cc1Cl)C(=O)CN(c1ccc([N+](=O)[O-])cc1)S(=O)(=O)c1ccccc1. The van der Waals surface area contributed by atoms with Gasteiger partial charge in [-0.05, 0) is 55.3 Å². The number of anilines is 1. The topological polar surface area (TPSA) is 130 Å². The van der Waals surface area contributed by atoms with Crippen LogP contribution >= 0.6 is 23.2 Å². The molecule has 0 radical (unpaired) electrons. The molecule has 1 atom stereocenters. The molecule has 0 saturated heterocycles. The molecule has 41 heavy (non-hydrogen) atoms. The third-order valence-electron chi connectivity index (χ3n) is 6.31. The molecular weight excluding hydrogens is 591 g/mol. The van der Waals surface area contributed by atoms with Crippen LogP contribution in [-0.4, -0.2) is 49.2 Å². The number of nitro benzene ring substituents is 1. The van der Waals surface area contributed by atoms with Crippen LogP contribution in [0.1, 0.15) is 32.3 Å². The van der Waals surface area contributed by atoms with Crippen molar-refractivity contribution in [1.29, 1.82) is 0 Å². The average molecular weight is 622 g/mol. The Labute approximate surface area is 249 Å². The van der Waals surface area contributed by atoms with Crippen LogP contribution in [0.25, 0.3) is 0 Å². The highest BCUT2D eigenvalue weighted by atomic mass is 35.5. The van der Waals surface area contributed by atoms with E-state index in [1.54, 1.807) is 37.3 Å². The van der Waals surface area contributed by atoms with Crippen molar-refractivity contribution in [3.05, 3.63) is 98.5 Å². The number of amides is 2. The van der Waals surface area contributed by atoms with E-state index in [1.165, 1.54) is 35.2 Å². The van der Waals surface area contributed by atoms with Gasteiger partial charge >= 0.3 is 0 Å². The molecule has 0 aliphatic carbocycles. The van der Waals surface area contributed by atoms with E-state index in [9.17, 15) is 28.1 Å². The Morgan fingerprint density at radius 3 is 2.27 bits per heavy atom. The second-order valence-electron chi connectivity index (χ2n) is 9.18. The van der Waals surface area contributed by atoms with Crippen LogP contribution in [0.2, 0.25) is 10.0 Å². The number of unbranched alkanes of at least 4 members (excludes halogenated alkanes) is 1. The summed E-state index contributed by atoms with van der Waals surface area (Å²) in [5.41, 5.74) is 0.302. The number of nitro groups is 1. The molecule has 0 unspecified atom stereocenters. The van der Waals surface area contributed by atoms with Gasteiger partial charge in [0.15, 0.2) is 0 Å². The van der Waals surface area contributed by atoms with Gasteiger partial charge in [0.25, 0.3) is 15.7 Å². The second-order valence-corrected chi connectivity index (χ2v) is 11.9. The predicted octanol–water partition coefficient (Wildman–Crippen LogP) is 5.43. The van der Waals surface area contributed by atoms with E-state index in [0.717, 1.165) is 29.3 Å². The summed E-state index contributed by atoms with van der Waals surface area (Å²) in [5.74, 6) is -1.10. The maximum absolute atomic E-state index is 13.9. The van der Waals surface area contributed by atoms with Crippen molar-refractivity contribution in [2.75, 3.05) is 17.4 Å². The fraction of sp³-hybridized carbons (Fsp3) is 0.286. The Bertz CT molecular complexity index is 1490. The van der Waals surface area contributed by atoms with Gasteiger partial charge in [0, 0.05) is 35.3 Å². The van der Waals surface area contributed by atoms with E-state index >= 15 is 0 Å². The van der Waals surface area contributed by atoms with Gasteiger partial charge in [0.2, 0.25) is 11.8 Å². The highest BCUT2D eigenvalue weighted by Crippen LogP contribution is 2.27. The van der Waals surface area contributed by atoms with Gasteiger partial charge in [-0.25, -0.2) is 8.42 Å². The number of nitrogens with zero attached hydrogens (tertiary/aromatic N) is 3. The van der Waals surface area contributed by atoms with E-state index in [4.69, 9.17) is 23.2 Å². The molecule has 0 aromatic heterocycles. The minimum Gasteiger partial charge on any atom is -0.354 e. The fourth-order valence-electron chi connectivity index (χ4n) is 3.94. The molecule has 13 heteroatoms. The molecule has 3 aromatic rings. The first-order valence-electron chi connectivity index (χ1n) is 12.8. The lowest BCUT2D eigenvalue weighted by Gasteiger charge is -2.32. The third kappa shape index (κ3) is 8.18. The number of halogens is 2. The Morgan fingerprint density at radius 2 is 1.68 bits per heavy atom. The zero-order valence-corrected chi connectivity index (χ0v) is 24.8. The molecule has 0 bridgehead atoms. The summed E-state index contributed by atoms with van der Waals surface area (Å²) in [4.78, 5) is 38.6. The maximum Gasteiger partial charge on any atom is 0.269 e. The minimum atomic E-state index is -4.29. The Balaban J connectivity index is 2.03. The fourth-order valence-corrected chi connectivity index (χ4v) is 5.84. The van der Waals surface area contributed by atoms with Gasteiger partial charge in [0.1, 0.15) is 12.6 Å². The number of sulfonamides is 1. The number of carbonyl (C=O) groups excluding carboxylic acids is 2. The molecule has 2 amide bonds. The van der Waals surface area contributed by atoms with E-state index in [2.05, 4.69) is 5.32 Å². The lowest BCUT2D eigenvalue weighted by Crippen LogP contribution is -2.51. The van der Waals surface area contributed by atoms with Crippen molar-refractivity contribution >= 4 is 56.4 Å². The molecule has 0 spiro atoms. The monoisotopic (exact) mass is 620 g/mol. The number of non-ortho nitro benzene ring substituents is 1. The number of rotatable bonds is 13. The van der Waals surface area contributed by atoms with Crippen LogP contribution in [0, 0.1) is 10.1 Å². The minimum absolute atomic E-state index is 0.0392. The maximum atomic E-state index is 13.9. The van der Waals surface area contributed by atoms with Crippen LogP contribution in [-0.2, 0) is 26.2 Å². The van der Waals surface area contributed by atoms with E-state index in [0.29, 0.717) is 17.1 Å². The molecule has 10 nitrogen and oxygen atoms in total. The normalized spacial score (nSPS) is 11.9. The first-order valence-corrected chi connectivity index (χ1v) is 15.0. The van der Waals surface area contributed by atoms with Crippen LogP contribution in [0.15, 0.2) is 77.7 Å². The highest BCUT2D eigenvalue weighted by molar-refractivity contribution is 7.92. The van der Waals surface area contributed by atoms with Crippen LogP contribution in [0.3, 0.4) is 0 Å². The first kappa shape index (κ1) is 31.9. The Morgan fingerprint density at radius 1 is 1.02 bits per heavy atom. The van der Waals surface area contributed by atoms with Crippen molar-refractivity contribution < 1.29 is 22.9 Å². The van der Waals surface area contributed by atoms with Crippen LogP contribution in [0.5, 0.6) is 0 Å². The zero-order valence-electron chi connectivity index (χ0n) is 22.5. The quantitative estimate of drug-likeness (QED) is 0.154. The number of hydrogen-bond acceptors (Lipinski definition) is 6. The summed E-state index contributed by atoms with van der Waals surface area (Å²) in [5, 5.41) is 14.6. The molecule has 0 aliphatic heterocycles. The number of hydrogen-bond donors (Lipinski definition) is 1. The third-order valence-corrected chi connectivity index (χ3v) is 8.69. The van der Waals surface area contributed by atoms with Crippen molar-refractivity contribution in [2.24, 2.45) is 0 Å². The van der Waals surface area contributed by atoms with E-state index in [-0.39, 0.29) is 27.8 Å². The summed E-state index contributed by atoms with van der Waals surface area (Å²) in [6.45, 7) is 3.16. The van der Waals surface area contributed by atoms with E-state index in [1.807, 2.05) is 6.92 Å². The highest BCUT2D eigenvalue weighted by Gasteiger charge is 2.33. The largest absolute Gasteiger partial charge is 0.354 e. The van der Waals surface area contributed by atoms with Gasteiger partial charge in [-0.15, -0.1) is 0 Å². The smallest absolute Gasteiger partial charge is 0.269 e. The van der Waals surface area contributed by atoms with Gasteiger partial charge in [-0.1, -0.05) is 60.8 Å². The lowest BCUT2D eigenvalue weighted by molar-refractivity contribution is -0.384. The second kappa shape index (κ2) is 14.3. The van der Waals surface area contributed by atoms with Crippen molar-refractivity contribution in [3.8, 4) is 0 Å². The number of carbonyl (C=O) groups is 2. The van der Waals surface area contributed by atoms with Crippen molar-refractivity contribution in [2.45, 2.75) is 44.2 Å². The molecule has 1 N–H and O–H groups in total. The predicted molar refractivity (Wildman–Crippen MR) is 158 cm³/mol. The summed E-state index contributed by atoms with van der Waals surface area (Å²) < 4.78 is 28.4. The molecule has 0 saturated carbocycles. The molecule has 3 rings (SSSR count). The summed E-state index contributed by atoms with van der Waals surface area (Å²) in [7, 11) is -4.29. The van der Waals surface area contributed by atoms with E-state index < -0.39 is 39.3 Å². The zero-order chi connectivity index (χ0) is 30.2. The summed E-state index contributed by atoms with van der Waals surface area (Å²) >= 11 is 12.4. The standard InChI is InChI=1S/C28H30Cl2N4O6S/c1-3-4-16-31-28(36)20(2)32(18-21-10-11-22(29)17-26(21)30)27(35)19-33(23-12-14-24(15-13-23)34(37)38)41(39,40)25-8-6-5-7-9-25/h5-15,17,20H,3-4,16,18-19H2,1-2H3,(H,31,36)/t20-/m1/s1. The van der Waals surface area contributed by atoms with Gasteiger partial charge in [-0.2, -0.15) is 0 Å². The molecule has 3 aromatic carbocycles. The summed E-state index contributed by atoms with van der Waals surface area (Å²) in [6.07, 6.45) is 1.61. The molecule has 0 heterocycles. The molecule has 0 aliphatic rings. The van der Waals surface area contributed by atoms with Gasteiger partial charge in [0.05, 0.1) is 15.5 Å². The van der Waals surface area contributed by atoms with Gasteiger partial charge < -0.3 is 10.2 Å². The molecular formula is C28H30Cl2N4O6S.